The Labute approximate surface area is 110 Å². The lowest BCUT2D eigenvalue weighted by Gasteiger charge is -2.12. The Morgan fingerprint density at radius 3 is 2.62 bits per heavy atom. The van der Waals surface area contributed by atoms with E-state index in [1.54, 1.807) is 18.2 Å². The number of hydrogen-bond donors (Lipinski definition) is 2. The number of halogens is 2. The number of aliphatic hydroxyl groups is 1. The van der Waals surface area contributed by atoms with E-state index in [0.29, 0.717) is 17.0 Å². The molecule has 84 valence electrons. The van der Waals surface area contributed by atoms with Crippen LogP contribution in [0.1, 0.15) is 17.4 Å². The van der Waals surface area contributed by atoms with E-state index < -0.39 is 6.10 Å². The third kappa shape index (κ3) is 2.16. The summed E-state index contributed by atoms with van der Waals surface area (Å²) in [6.45, 7) is 0. The third-order valence-corrected chi connectivity index (χ3v) is 3.38. The van der Waals surface area contributed by atoms with Crippen LogP contribution in [0.4, 0.5) is 5.69 Å². The summed E-state index contributed by atoms with van der Waals surface area (Å²) in [5.74, 6) is 0.449. The van der Waals surface area contributed by atoms with Gasteiger partial charge in [0.15, 0.2) is 5.76 Å². The molecule has 1 atom stereocenters. The van der Waals surface area contributed by atoms with Crippen molar-refractivity contribution in [3.63, 3.8) is 0 Å². The average Bonchev–Trinajstić information content (AvgIpc) is 2.67. The summed E-state index contributed by atoms with van der Waals surface area (Å²) in [6.07, 6.45) is 0.637. The van der Waals surface area contributed by atoms with Gasteiger partial charge in [0, 0.05) is 15.7 Å². The van der Waals surface area contributed by atoms with Gasteiger partial charge in [-0.1, -0.05) is 15.9 Å². The number of nitrogen functional groups attached to an aromatic ring is 1. The van der Waals surface area contributed by atoms with Crippen molar-refractivity contribution in [2.75, 3.05) is 5.73 Å². The Morgan fingerprint density at radius 2 is 2.00 bits per heavy atom. The Balaban J connectivity index is 2.45. The number of rotatable bonds is 2. The molecular formula is C11H9Br2NO2. The second-order valence-electron chi connectivity index (χ2n) is 3.31. The van der Waals surface area contributed by atoms with E-state index >= 15 is 0 Å². The number of aliphatic hydroxyl groups excluding tert-OH is 1. The van der Waals surface area contributed by atoms with Crippen molar-refractivity contribution >= 4 is 37.5 Å². The second kappa shape index (κ2) is 4.61. The molecule has 1 unspecified atom stereocenters. The Hall–Kier alpha value is -0.780. The van der Waals surface area contributed by atoms with Gasteiger partial charge < -0.3 is 15.3 Å². The fourth-order valence-electron chi connectivity index (χ4n) is 1.42. The smallest absolute Gasteiger partial charge is 0.151 e. The van der Waals surface area contributed by atoms with Gasteiger partial charge in [-0.15, -0.1) is 0 Å². The molecule has 0 saturated carbocycles. The topological polar surface area (TPSA) is 59.4 Å². The van der Waals surface area contributed by atoms with Gasteiger partial charge in [0.1, 0.15) is 6.10 Å². The first-order valence-corrected chi connectivity index (χ1v) is 6.14. The molecule has 0 aliphatic heterocycles. The molecule has 2 rings (SSSR count). The van der Waals surface area contributed by atoms with Crippen molar-refractivity contribution in [1.29, 1.82) is 0 Å². The minimum atomic E-state index is -0.873. The van der Waals surface area contributed by atoms with Crippen molar-refractivity contribution < 1.29 is 9.52 Å². The third-order valence-electron chi connectivity index (χ3n) is 2.24. The molecule has 0 aliphatic rings. The average molecular weight is 347 g/mol. The fraction of sp³-hybridized carbons (Fsp3) is 0.0909. The maximum atomic E-state index is 10.1. The van der Waals surface area contributed by atoms with Crippen LogP contribution in [-0.4, -0.2) is 5.11 Å². The first-order valence-electron chi connectivity index (χ1n) is 4.55. The monoisotopic (exact) mass is 345 g/mol. The van der Waals surface area contributed by atoms with Gasteiger partial charge in [0.25, 0.3) is 0 Å². The molecule has 1 aromatic carbocycles. The van der Waals surface area contributed by atoms with Crippen LogP contribution in [0, 0.1) is 0 Å². The number of nitrogens with two attached hydrogens (primary N) is 1. The van der Waals surface area contributed by atoms with Crippen LogP contribution in [0.5, 0.6) is 0 Å². The molecule has 16 heavy (non-hydrogen) atoms. The van der Waals surface area contributed by atoms with Crippen molar-refractivity contribution in [2.45, 2.75) is 6.10 Å². The molecular weight excluding hydrogens is 338 g/mol. The van der Waals surface area contributed by atoms with Gasteiger partial charge in [-0.05, 0) is 40.2 Å². The zero-order chi connectivity index (χ0) is 11.7. The molecule has 0 aliphatic carbocycles. The van der Waals surface area contributed by atoms with Gasteiger partial charge in [0.2, 0.25) is 0 Å². The van der Waals surface area contributed by atoms with E-state index in [1.165, 1.54) is 6.26 Å². The van der Waals surface area contributed by atoms with Crippen LogP contribution in [0.15, 0.2) is 43.9 Å². The lowest BCUT2D eigenvalue weighted by Crippen LogP contribution is -2.03. The van der Waals surface area contributed by atoms with Crippen LogP contribution < -0.4 is 5.73 Å². The Kier molecular flexibility index (Phi) is 3.37. The van der Waals surface area contributed by atoms with Crippen LogP contribution in [0.25, 0.3) is 0 Å². The Morgan fingerprint density at radius 1 is 1.25 bits per heavy atom. The molecule has 3 N–H and O–H groups in total. The Bertz CT molecular complexity index is 510. The van der Waals surface area contributed by atoms with Gasteiger partial charge in [-0.2, -0.15) is 0 Å². The molecule has 5 heteroatoms. The van der Waals surface area contributed by atoms with Crippen LogP contribution in [0.2, 0.25) is 0 Å². The summed E-state index contributed by atoms with van der Waals surface area (Å²) in [5, 5.41) is 10.1. The number of benzene rings is 1. The van der Waals surface area contributed by atoms with Crippen molar-refractivity contribution in [3.05, 3.63) is 50.8 Å². The van der Waals surface area contributed by atoms with Gasteiger partial charge in [0.05, 0.1) is 10.7 Å². The van der Waals surface area contributed by atoms with Gasteiger partial charge in [-0.3, -0.25) is 0 Å². The molecule has 0 fully saturated rings. The summed E-state index contributed by atoms with van der Waals surface area (Å²) in [7, 11) is 0. The molecule has 0 radical (unpaired) electrons. The predicted octanol–water partition coefficient (Wildman–Crippen LogP) is 3.47. The first-order chi connectivity index (χ1) is 7.59. The first kappa shape index (κ1) is 11.7. The molecule has 1 aromatic heterocycles. The zero-order valence-corrected chi connectivity index (χ0v) is 11.3. The van der Waals surface area contributed by atoms with E-state index in [9.17, 15) is 5.11 Å². The second-order valence-corrected chi connectivity index (χ2v) is 5.08. The molecule has 1 heterocycles. The minimum Gasteiger partial charge on any atom is -0.465 e. The summed E-state index contributed by atoms with van der Waals surface area (Å²) in [6, 6.07) is 7.06. The van der Waals surface area contributed by atoms with E-state index in [-0.39, 0.29) is 0 Å². The van der Waals surface area contributed by atoms with Crippen molar-refractivity contribution in [1.82, 2.24) is 0 Å². The highest BCUT2D eigenvalue weighted by Crippen LogP contribution is 2.33. The molecule has 2 aromatic rings. The van der Waals surface area contributed by atoms with Crippen LogP contribution >= 0.6 is 31.9 Å². The van der Waals surface area contributed by atoms with Crippen molar-refractivity contribution in [2.24, 2.45) is 0 Å². The van der Waals surface area contributed by atoms with Crippen molar-refractivity contribution in [3.8, 4) is 0 Å². The lowest BCUT2D eigenvalue weighted by atomic mass is 10.1. The minimum absolute atomic E-state index is 0.449. The zero-order valence-electron chi connectivity index (χ0n) is 8.15. The highest BCUT2D eigenvalue weighted by molar-refractivity contribution is 9.10. The summed E-state index contributed by atoms with van der Waals surface area (Å²) >= 11 is 6.64. The molecule has 3 nitrogen and oxygen atoms in total. The predicted molar refractivity (Wildman–Crippen MR) is 69.0 cm³/mol. The summed E-state index contributed by atoms with van der Waals surface area (Å²) < 4.78 is 6.79. The van der Waals surface area contributed by atoms with Crippen LogP contribution in [-0.2, 0) is 0 Å². The van der Waals surface area contributed by atoms with Gasteiger partial charge >= 0.3 is 0 Å². The maximum Gasteiger partial charge on any atom is 0.151 e. The molecule has 0 amide bonds. The van der Waals surface area contributed by atoms with E-state index in [4.69, 9.17) is 10.2 Å². The molecule has 0 bridgehead atoms. The summed E-state index contributed by atoms with van der Waals surface area (Å²) in [4.78, 5) is 0. The standard InChI is InChI=1S/C11H9Br2NO2/c12-6-1-2-9(14)7(5-6)10(15)11-8(13)3-4-16-11/h1-5,10,15H,14H2. The number of furan rings is 1. The highest BCUT2D eigenvalue weighted by Gasteiger charge is 2.19. The highest BCUT2D eigenvalue weighted by atomic mass is 79.9. The summed E-state index contributed by atoms with van der Waals surface area (Å²) in [5.41, 5.74) is 6.95. The fourth-order valence-corrected chi connectivity index (χ4v) is 2.22. The van der Waals surface area contributed by atoms with E-state index in [0.717, 1.165) is 8.95 Å². The maximum absolute atomic E-state index is 10.1. The molecule has 0 spiro atoms. The SMILES string of the molecule is Nc1ccc(Br)cc1C(O)c1occc1Br. The van der Waals surface area contributed by atoms with Gasteiger partial charge in [-0.25, -0.2) is 0 Å². The largest absolute Gasteiger partial charge is 0.465 e. The van der Waals surface area contributed by atoms with E-state index in [1.807, 2.05) is 6.07 Å². The van der Waals surface area contributed by atoms with Crippen LogP contribution in [0.3, 0.4) is 0 Å². The molecule has 0 saturated heterocycles. The lowest BCUT2D eigenvalue weighted by molar-refractivity contribution is 0.189. The van der Waals surface area contributed by atoms with E-state index in [2.05, 4.69) is 31.9 Å². The number of anilines is 1. The number of hydrogen-bond acceptors (Lipinski definition) is 3. The normalized spacial score (nSPS) is 12.7. The quantitative estimate of drug-likeness (QED) is 0.818.